The second-order valence-corrected chi connectivity index (χ2v) is 7.24. The summed E-state index contributed by atoms with van der Waals surface area (Å²) in [6, 6.07) is 4.59. The highest BCUT2D eigenvalue weighted by molar-refractivity contribution is 8.01. The molecule has 0 aliphatic carbocycles. The molecule has 2 N–H and O–H groups in total. The fourth-order valence-electron chi connectivity index (χ4n) is 2.01. The predicted octanol–water partition coefficient (Wildman–Crippen LogP) is 2.70. The van der Waals surface area contributed by atoms with Crippen molar-refractivity contribution in [3.8, 4) is 5.88 Å². The van der Waals surface area contributed by atoms with Gasteiger partial charge in [0.25, 0.3) is 0 Å². The van der Waals surface area contributed by atoms with E-state index in [-0.39, 0.29) is 29.9 Å². The zero-order chi connectivity index (χ0) is 21.4. The van der Waals surface area contributed by atoms with Crippen LogP contribution in [0.25, 0.3) is 0 Å². The van der Waals surface area contributed by atoms with Crippen LogP contribution >= 0.6 is 11.8 Å². The molecule has 12 heteroatoms. The molecular formula is C17H19F3N4O4S. The van der Waals surface area contributed by atoms with Crippen molar-refractivity contribution in [2.75, 3.05) is 17.7 Å². The third kappa shape index (κ3) is 8.02. The maximum atomic E-state index is 12.3. The summed E-state index contributed by atoms with van der Waals surface area (Å²) in [7, 11) is 0. The van der Waals surface area contributed by atoms with Crippen LogP contribution in [0.5, 0.6) is 5.88 Å². The van der Waals surface area contributed by atoms with Crippen LogP contribution in [0.4, 0.5) is 19.0 Å². The van der Waals surface area contributed by atoms with Crippen molar-refractivity contribution in [1.82, 2.24) is 15.5 Å². The number of hydrogen-bond donors (Lipinski definition) is 2. The Morgan fingerprint density at radius 1 is 1.38 bits per heavy atom. The van der Waals surface area contributed by atoms with Gasteiger partial charge in [-0.25, -0.2) is 4.98 Å². The van der Waals surface area contributed by atoms with Crippen LogP contribution in [0.1, 0.15) is 18.2 Å². The van der Waals surface area contributed by atoms with E-state index >= 15 is 0 Å². The highest BCUT2D eigenvalue weighted by Gasteiger charge is 2.29. The van der Waals surface area contributed by atoms with Gasteiger partial charge in [-0.1, -0.05) is 11.2 Å². The molecule has 2 rings (SSSR count). The maximum absolute atomic E-state index is 12.3. The highest BCUT2D eigenvalue weighted by Crippen LogP contribution is 2.20. The fraction of sp³-hybridized carbons (Fsp3) is 0.412. The second kappa shape index (κ2) is 10.1. The molecule has 0 saturated carbocycles. The van der Waals surface area contributed by atoms with Gasteiger partial charge in [-0.15, -0.1) is 11.8 Å². The van der Waals surface area contributed by atoms with Gasteiger partial charge < -0.3 is 19.9 Å². The van der Waals surface area contributed by atoms with Crippen LogP contribution in [-0.2, 0) is 16.1 Å². The topological polar surface area (TPSA) is 106 Å². The number of carbonyl (C=O) groups excluding carboxylic acids is 2. The lowest BCUT2D eigenvalue weighted by Crippen LogP contribution is -2.28. The molecule has 2 aromatic rings. The highest BCUT2D eigenvalue weighted by atomic mass is 32.2. The smallest absolute Gasteiger partial charge is 0.422 e. The molecule has 1 unspecified atom stereocenters. The van der Waals surface area contributed by atoms with Crippen molar-refractivity contribution < 1.29 is 32.0 Å². The Labute approximate surface area is 168 Å². The molecule has 158 valence electrons. The van der Waals surface area contributed by atoms with Gasteiger partial charge in [-0.05, 0) is 19.9 Å². The first-order valence-corrected chi connectivity index (χ1v) is 9.45. The van der Waals surface area contributed by atoms with Crippen LogP contribution in [-0.4, -0.2) is 45.7 Å². The first-order chi connectivity index (χ1) is 13.6. The molecule has 0 aliphatic heterocycles. The molecule has 2 heterocycles. The van der Waals surface area contributed by atoms with E-state index in [0.717, 1.165) is 11.8 Å². The third-order valence-corrected chi connectivity index (χ3v) is 4.55. The number of amides is 2. The van der Waals surface area contributed by atoms with E-state index in [1.165, 1.54) is 18.3 Å². The number of aromatic nitrogens is 2. The first-order valence-electron chi connectivity index (χ1n) is 8.40. The molecule has 0 fully saturated rings. The molecule has 2 aromatic heterocycles. The Hall–Kier alpha value is -2.76. The van der Waals surface area contributed by atoms with Crippen molar-refractivity contribution in [1.29, 1.82) is 0 Å². The number of aryl methyl sites for hydroxylation is 1. The Kier molecular flexibility index (Phi) is 7.88. The van der Waals surface area contributed by atoms with Crippen molar-refractivity contribution in [3.63, 3.8) is 0 Å². The minimum atomic E-state index is -4.49. The molecule has 0 spiro atoms. The zero-order valence-corrected chi connectivity index (χ0v) is 16.4. The largest absolute Gasteiger partial charge is 0.468 e. The van der Waals surface area contributed by atoms with Crippen molar-refractivity contribution in [3.05, 3.63) is 35.7 Å². The minimum Gasteiger partial charge on any atom is -0.468 e. The van der Waals surface area contributed by atoms with Crippen LogP contribution in [0.2, 0.25) is 0 Å². The van der Waals surface area contributed by atoms with Gasteiger partial charge in [-0.3, -0.25) is 9.59 Å². The van der Waals surface area contributed by atoms with Crippen molar-refractivity contribution in [2.45, 2.75) is 31.8 Å². The van der Waals surface area contributed by atoms with Gasteiger partial charge in [0.15, 0.2) is 12.4 Å². The Morgan fingerprint density at radius 2 is 2.14 bits per heavy atom. The zero-order valence-electron chi connectivity index (χ0n) is 15.6. The molecule has 29 heavy (non-hydrogen) atoms. The normalized spacial score (nSPS) is 12.3. The lowest BCUT2D eigenvalue weighted by molar-refractivity contribution is -0.154. The number of rotatable bonds is 9. The van der Waals surface area contributed by atoms with Crippen LogP contribution < -0.4 is 15.4 Å². The van der Waals surface area contributed by atoms with E-state index in [2.05, 4.69) is 25.5 Å². The van der Waals surface area contributed by atoms with Gasteiger partial charge in [0.05, 0.1) is 11.0 Å². The number of nitrogens with one attached hydrogen (secondary N) is 2. The lowest BCUT2D eigenvalue weighted by Gasteiger charge is -2.13. The van der Waals surface area contributed by atoms with E-state index in [9.17, 15) is 22.8 Å². The number of nitrogens with zero attached hydrogens (tertiary/aromatic N) is 2. The quantitative estimate of drug-likeness (QED) is 0.628. The van der Waals surface area contributed by atoms with Gasteiger partial charge in [0.1, 0.15) is 5.76 Å². The average molecular weight is 432 g/mol. The molecular weight excluding hydrogens is 413 g/mol. The molecule has 0 bridgehead atoms. The number of thioether (sulfide) groups is 1. The van der Waals surface area contributed by atoms with E-state index in [1.54, 1.807) is 19.9 Å². The number of ether oxygens (including phenoxy) is 1. The summed E-state index contributed by atoms with van der Waals surface area (Å²) in [5.74, 6) is -0.121. The van der Waals surface area contributed by atoms with Crippen molar-refractivity contribution >= 4 is 29.4 Å². The van der Waals surface area contributed by atoms with Gasteiger partial charge in [-0.2, -0.15) is 13.2 Å². The molecule has 8 nitrogen and oxygen atoms in total. The summed E-state index contributed by atoms with van der Waals surface area (Å²) in [4.78, 5) is 27.8. The third-order valence-electron chi connectivity index (χ3n) is 3.41. The van der Waals surface area contributed by atoms with Crippen molar-refractivity contribution in [2.24, 2.45) is 0 Å². The van der Waals surface area contributed by atoms with Crippen LogP contribution in [0, 0.1) is 6.92 Å². The summed E-state index contributed by atoms with van der Waals surface area (Å²) in [5, 5.41) is 8.24. The molecule has 0 radical (unpaired) electrons. The van der Waals surface area contributed by atoms with E-state index in [0.29, 0.717) is 11.3 Å². The van der Waals surface area contributed by atoms with E-state index < -0.39 is 23.9 Å². The summed E-state index contributed by atoms with van der Waals surface area (Å²) in [6.07, 6.45) is -3.19. The number of halogens is 3. The monoisotopic (exact) mass is 432 g/mol. The van der Waals surface area contributed by atoms with Crippen LogP contribution in [0.3, 0.4) is 0 Å². The van der Waals surface area contributed by atoms with Gasteiger partial charge >= 0.3 is 6.18 Å². The first kappa shape index (κ1) is 22.5. The second-order valence-electron chi connectivity index (χ2n) is 5.91. The Bertz CT molecular complexity index is 844. The molecule has 2 amide bonds. The van der Waals surface area contributed by atoms with E-state index in [1.807, 2.05) is 0 Å². The lowest BCUT2D eigenvalue weighted by atomic mass is 10.2. The number of carbonyl (C=O) groups is 2. The van der Waals surface area contributed by atoms with Gasteiger partial charge in [0, 0.05) is 24.4 Å². The minimum absolute atomic E-state index is 0.0224. The summed E-state index contributed by atoms with van der Waals surface area (Å²) >= 11 is 1.09. The number of alkyl halides is 3. The summed E-state index contributed by atoms with van der Waals surface area (Å²) in [6.45, 7) is 1.79. The molecule has 0 aliphatic rings. The number of anilines is 1. The summed E-state index contributed by atoms with van der Waals surface area (Å²) in [5.41, 5.74) is 0.308. The average Bonchev–Trinajstić information content (AvgIpc) is 3.07. The fourth-order valence-corrected chi connectivity index (χ4v) is 2.73. The Balaban J connectivity index is 1.77. The Morgan fingerprint density at radius 3 is 2.79 bits per heavy atom. The summed E-state index contributed by atoms with van der Waals surface area (Å²) < 4.78 is 46.4. The number of hydrogen-bond acceptors (Lipinski definition) is 7. The molecule has 0 aromatic carbocycles. The van der Waals surface area contributed by atoms with Crippen LogP contribution in [0.15, 0.2) is 28.9 Å². The molecule has 0 saturated heterocycles. The maximum Gasteiger partial charge on any atom is 0.422 e. The standard InChI is InChI=1S/C17H19F3N4O4S/c1-10-6-13(24-28-10)23-15(26)11(2)29-8-14(25)22-7-12-4-3-5-21-16(12)27-9-17(18,19)20/h3-6,11H,7-9H2,1-2H3,(H,22,25)(H,23,24,26). The van der Waals surface area contributed by atoms with E-state index in [4.69, 9.17) is 4.52 Å². The number of pyridine rings is 1. The van der Waals surface area contributed by atoms with Gasteiger partial charge in [0.2, 0.25) is 17.7 Å². The molecule has 1 atom stereocenters. The SMILES string of the molecule is Cc1cc(NC(=O)C(C)SCC(=O)NCc2cccnc2OCC(F)(F)F)no1. The predicted molar refractivity (Wildman–Crippen MR) is 99.4 cm³/mol.